The van der Waals surface area contributed by atoms with Crippen molar-refractivity contribution in [2.75, 3.05) is 11.5 Å². The van der Waals surface area contributed by atoms with Crippen LogP contribution in [0.1, 0.15) is 19.8 Å². The zero-order valence-corrected chi connectivity index (χ0v) is 9.25. The highest BCUT2D eigenvalue weighted by atomic mass is 32.2. The number of nitriles is 1. The average Bonchev–Trinajstić information content (AvgIpc) is 2.43. The van der Waals surface area contributed by atoms with Gasteiger partial charge in [0, 0.05) is 6.42 Å². The van der Waals surface area contributed by atoms with Crippen molar-refractivity contribution in [2.45, 2.75) is 25.4 Å². The molecule has 1 aliphatic heterocycles. The van der Waals surface area contributed by atoms with Gasteiger partial charge >= 0.3 is 0 Å². The van der Waals surface area contributed by atoms with Crippen molar-refractivity contribution in [3.8, 4) is 6.07 Å². The highest BCUT2D eigenvalue weighted by Crippen LogP contribution is 2.42. The van der Waals surface area contributed by atoms with Crippen LogP contribution in [-0.2, 0) is 14.6 Å². The first kappa shape index (κ1) is 12.1. The van der Waals surface area contributed by atoms with Crippen molar-refractivity contribution >= 4 is 16.1 Å². The fraction of sp³-hybridized carbons (Fsp3) is 0.778. The van der Waals surface area contributed by atoms with Gasteiger partial charge in [0.15, 0.2) is 9.84 Å². The van der Waals surface area contributed by atoms with Crippen molar-refractivity contribution in [3.05, 3.63) is 0 Å². The molecule has 84 valence electrons. The van der Waals surface area contributed by atoms with Crippen LogP contribution >= 0.6 is 0 Å². The van der Waals surface area contributed by atoms with Crippen LogP contribution in [0.5, 0.6) is 0 Å². The Morgan fingerprint density at radius 2 is 2.27 bits per heavy atom. The van der Waals surface area contributed by atoms with Gasteiger partial charge in [0.1, 0.15) is 11.7 Å². The van der Waals surface area contributed by atoms with E-state index in [1.807, 2.05) is 6.07 Å². The minimum Gasteiger partial charge on any atom is -0.388 e. The summed E-state index contributed by atoms with van der Waals surface area (Å²) in [6, 6.07) is 1.87. The van der Waals surface area contributed by atoms with Crippen molar-refractivity contribution in [2.24, 2.45) is 5.41 Å². The maximum Gasteiger partial charge on any atom is 0.152 e. The molecule has 0 aliphatic carbocycles. The SMILES string of the molecule is CC(O)(CC=O)C1(C#N)CCS(=O)(=O)C1. The molecule has 2 unspecified atom stereocenters. The summed E-state index contributed by atoms with van der Waals surface area (Å²) in [6.45, 7) is 1.34. The Morgan fingerprint density at radius 3 is 2.60 bits per heavy atom. The maximum absolute atomic E-state index is 11.3. The number of aldehydes is 1. The second-order valence-corrected chi connectivity index (χ2v) is 6.36. The van der Waals surface area contributed by atoms with Gasteiger partial charge in [0.05, 0.1) is 23.2 Å². The molecule has 15 heavy (non-hydrogen) atoms. The van der Waals surface area contributed by atoms with Crippen molar-refractivity contribution in [1.82, 2.24) is 0 Å². The summed E-state index contributed by atoms with van der Waals surface area (Å²) in [6.07, 6.45) is 0.368. The maximum atomic E-state index is 11.3. The van der Waals surface area contributed by atoms with E-state index in [2.05, 4.69) is 0 Å². The predicted molar refractivity (Wildman–Crippen MR) is 52.6 cm³/mol. The number of hydrogen-bond acceptors (Lipinski definition) is 5. The molecule has 6 heteroatoms. The number of rotatable bonds is 3. The Bertz CT molecular complexity index is 406. The first-order valence-corrected chi connectivity index (χ1v) is 6.38. The van der Waals surface area contributed by atoms with Crippen molar-refractivity contribution < 1.29 is 18.3 Å². The van der Waals surface area contributed by atoms with Crippen molar-refractivity contribution in [1.29, 1.82) is 5.26 Å². The summed E-state index contributed by atoms with van der Waals surface area (Å²) in [4.78, 5) is 10.4. The van der Waals surface area contributed by atoms with Crippen LogP contribution < -0.4 is 0 Å². The lowest BCUT2D eigenvalue weighted by Crippen LogP contribution is -2.46. The molecule has 5 nitrogen and oxygen atoms in total. The molecular weight excluding hydrogens is 218 g/mol. The van der Waals surface area contributed by atoms with Gasteiger partial charge in [-0.25, -0.2) is 8.42 Å². The zero-order valence-electron chi connectivity index (χ0n) is 8.43. The minimum atomic E-state index is -3.27. The van der Waals surface area contributed by atoms with Gasteiger partial charge in [-0.15, -0.1) is 0 Å². The number of carbonyl (C=O) groups is 1. The minimum absolute atomic E-state index is 0.0900. The van der Waals surface area contributed by atoms with Crippen LogP contribution in [0.15, 0.2) is 0 Å². The number of hydrogen-bond donors (Lipinski definition) is 1. The second kappa shape index (κ2) is 3.58. The topological polar surface area (TPSA) is 95.2 Å². The molecule has 0 aromatic rings. The molecule has 1 saturated heterocycles. The van der Waals surface area contributed by atoms with E-state index in [9.17, 15) is 18.3 Å². The molecule has 0 radical (unpaired) electrons. The van der Waals surface area contributed by atoms with Gasteiger partial charge < -0.3 is 9.90 Å². The van der Waals surface area contributed by atoms with E-state index in [-0.39, 0.29) is 24.3 Å². The Morgan fingerprint density at radius 1 is 1.67 bits per heavy atom. The predicted octanol–water partition coefficient (Wildman–Crippen LogP) is -0.345. The molecule has 1 rings (SSSR count). The summed E-state index contributed by atoms with van der Waals surface area (Å²) in [5.74, 6) is -0.465. The zero-order chi connectivity index (χ0) is 11.7. The third-order valence-electron chi connectivity index (χ3n) is 3.03. The summed E-state index contributed by atoms with van der Waals surface area (Å²) in [5.41, 5.74) is -2.92. The lowest BCUT2D eigenvalue weighted by atomic mass is 9.72. The lowest BCUT2D eigenvalue weighted by Gasteiger charge is -2.34. The molecule has 1 N–H and O–H groups in total. The van der Waals surface area contributed by atoms with E-state index in [1.165, 1.54) is 6.92 Å². The molecule has 0 aromatic carbocycles. The molecule has 0 bridgehead atoms. The molecule has 2 atom stereocenters. The highest BCUT2D eigenvalue weighted by Gasteiger charge is 2.54. The second-order valence-electron chi connectivity index (χ2n) is 4.18. The van der Waals surface area contributed by atoms with Gasteiger partial charge in [0.25, 0.3) is 0 Å². The van der Waals surface area contributed by atoms with E-state index in [4.69, 9.17) is 5.26 Å². The summed E-state index contributed by atoms with van der Waals surface area (Å²) in [7, 11) is -3.27. The average molecular weight is 231 g/mol. The molecule has 0 amide bonds. The summed E-state index contributed by atoms with van der Waals surface area (Å²) >= 11 is 0. The standard InChI is InChI=1S/C9H13NO4S/c1-8(12,2-4-11)9(6-10)3-5-15(13,14)7-9/h4,12H,2-3,5,7H2,1H3. The van der Waals surface area contributed by atoms with Gasteiger partial charge in [-0.1, -0.05) is 0 Å². The fourth-order valence-corrected chi connectivity index (χ4v) is 3.91. The van der Waals surface area contributed by atoms with E-state index in [0.717, 1.165) is 0 Å². The number of aliphatic hydroxyl groups is 1. The van der Waals surface area contributed by atoms with E-state index >= 15 is 0 Å². The van der Waals surface area contributed by atoms with Crippen molar-refractivity contribution in [3.63, 3.8) is 0 Å². The quantitative estimate of drug-likeness (QED) is 0.670. The monoisotopic (exact) mass is 231 g/mol. The van der Waals surface area contributed by atoms with Crippen LogP contribution in [0.25, 0.3) is 0 Å². The molecule has 1 aliphatic rings. The molecular formula is C9H13NO4S. The van der Waals surface area contributed by atoms with E-state index < -0.39 is 20.9 Å². The Labute approximate surface area is 88.6 Å². The Hall–Kier alpha value is -0.930. The van der Waals surface area contributed by atoms with Crippen LogP contribution in [0.3, 0.4) is 0 Å². The molecule has 1 fully saturated rings. The van der Waals surface area contributed by atoms with Crippen LogP contribution in [0, 0.1) is 16.7 Å². The molecule has 0 aromatic heterocycles. The fourth-order valence-electron chi connectivity index (χ4n) is 1.84. The first-order chi connectivity index (χ1) is 6.79. The Kier molecular flexibility index (Phi) is 2.90. The smallest absolute Gasteiger partial charge is 0.152 e. The normalized spacial score (nSPS) is 32.9. The third kappa shape index (κ3) is 2.03. The number of carbonyl (C=O) groups excluding carboxylic acids is 1. The van der Waals surface area contributed by atoms with Gasteiger partial charge in [0.2, 0.25) is 0 Å². The van der Waals surface area contributed by atoms with E-state index in [1.54, 1.807) is 0 Å². The Balaban J connectivity index is 3.09. The molecule has 1 heterocycles. The largest absolute Gasteiger partial charge is 0.388 e. The van der Waals surface area contributed by atoms with Crippen LogP contribution in [0.4, 0.5) is 0 Å². The third-order valence-corrected chi connectivity index (χ3v) is 4.79. The van der Waals surface area contributed by atoms with Gasteiger partial charge in [-0.05, 0) is 13.3 Å². The first-order valence-electron chi connectivity index (χ1n) is 4.56. The summed E-state index contributed by atoms with van der Waals surface area (Å²) in [5, 5.41) is 19.0. The highest BCUT2D eigenvalue weighted by molar-refractivity contribution is 7.91. The molecule has 0 saturated carbocycles. The van der Waals surface area contributed by atoms with Gasteiger partial charge in [-0.3, -0.25) is 0 Å². The van der Waals surface area contributed by atoms with Gasteiger partial charge in [-0.2, -0.15) is 5.26 Å². The van der Waals surface area contributed by atoms with E-state index in [0.29, 0.717) is 6.29 Å². The van der Waals surface area contributed by atoms with Crippen LogP contribution in [-0.4, -0.2) is 36.9 Å². The number of nitrogens with zero attached hydrogens (tertiary/aromatic N) is 1. The number of sulfone groups is 1. The van der Waals surface area contributed by atoms with Crippen LogP contribution in [0.2, 0.25) is 0 Å². The molecule has 0 spiro atoms. The lowest BCUT2D eigenvalue weighted by molar-refractivity contribution is -0.115. The summed E-state index contributed by atoms with van der Waals surface area (Å²) < 4.78 is 22.6.